The Balaban J connectivity index is 3.83. The molecule has 0 heterocycles. The van der Waals surface area contributed by atoms with Crippen LogP contribution in [0.1, 0.15) is 66.2 Å². The summed E-state index contributed by atoms with van der Waals surface area (Å²) in [4.78, 5) is 11.9. The van der Waals surface area contributed by atoms with Gasteiger partial charge in [0.15, 0.2) is 0 Å². The number of hydrogen-bond donors (Lipinski definition) is 0. The zero-order valence-corrected chi connectivity index (χ0v) is 13.9. The third kappa shape index (κ3) is 11.5. The molecule has 0 saturated carbocycles. The summed E-state index contributed by atoms with van der Waals surface area (Å²) in [6.07, 6.45) is 3.81. The number of rotatable bonds is 11. The normalized spacial score (nSPS) is 13.6. The minimum atomic E-state index is -2.56. The van der Waals surface area contributed by atoms with Crippen LogP contribution in [0.4, 0.5) is 8.78 Å². The van der Waals surface area contributed by atoms with Crippen LogP contribution in [-0.4, -0.2) is 29.0 Å². The molecule has 120 valence electrons. The number of esters is 1. The van der Waals surface area contributed by atoms with Gasteiger partial charge in [-0.25, -0.2) is 8.78 Å². The molecular formula is C15H28F2O2S. The summed E-state index contributed by atoms with van der Waals surface area (Å²) in [5.74, 6) is -1.88. The van der Waals surface area contributed by atoms with E-state index in [0.717, 1.165) is 38.4 Å². The Bertz CT molecular complexity index is 265. The van der Waals surface area contributed by atoms with Gasteiger partial charge in [-0.1, -0.05) is 19.8 Å². The molecule has 5 heteroatoms. The van der Waals surface area contributed by atoms with Gasteiger partial charge in [0.05, 0.1) is 6.10 Å². The number of alkyl halides is 2. The van der Waals surface area contributed by atoms with Gasteiger partial charge in [0.1, 0.15) is 5.25 Å². The lowest BCUT2D eigenvalue weighted by molar-refractivity contribution is -0.146. The predicted molar refractivity (Wildman–Crippen MR) is 81.5 cm³/mol. The topological polar surface area (TPSA) is 26.3 Å². The number of ether oxygens (including phenoxy) is 1. The molecule has 0 fully saturated rings. The van der Waals surface area contributed by atoms with E-state index in [-0.39, 0.29) is 23.7 Å². The third-order valence-electron chi connectivity index (χ3n) is 2.74. The number of thioether (sulfide) groups is 1. The Kier molecular flexibility index (Phi) is 10.2. The molecule has 0 aromatic rings. The van der Waals surface area contributed by atoms with E-state index in [2.05, 4.69) is 0 Å². The standard InChI is InChI=1S/C15H28F2O2S/c1-5-9-13(14(18)19-12(2)3)20-11-8-6-7-10-15(4,16)17/h12-13H,5-11H2,1-4H3. The first-order valence-corrected chi connectivity index (χ1v) is 8.51. The monoisotopic (exact) mass is 310 g/mol. The molecule has 0 spiro atoms. The quantitative estimate of drug-likeness (QED) is 0.394. The maximum absolute atomic E-state index is 12.6. The maximum Gasteiger partial charge on any atom is 0.319 e. The molecule has 0 aromatic heterocycles. The first kappa shape index (κ1) is 19.7. The van der Waals surface area contributed by atoms with E-state index in [1.807, 2.05) is 20.8 Å². The van der Waals surface area contributed by atoms with Crippen molar-refractivity contribution >= 4 is 17.7 Å². The van der Waals surface area contributed by atoms with Crippen molar-refractivity contribution in [3.05, 3.63) is 0 Å². The minimum Gasteiger partial charge on any atom is -0.462 e. The molecule has 2 nitrogen and oxygen atoms in total. The van der Waals surface area contributed by atoms with Gasteiger partial charge in [0.25, 0.3) is 0 Å². The van der Waals surface area contributed by atoms with Crippen LogP contribution in [-0.2, 0) is 9.53 Å². The maximum atomic E-state index is 12.6. The Hall–Kier alpha value is -0.320. The fourth-order valence-electron chi connectivity index (χ4n) is 1.78. The van der Waals surface area contributed by atoms with Crippen LogP contribution in [0.15, 0.2) is 0 Å². The molecule has 0 aliphatic heterocycles. The lowest BCUT2D eigenvalue weighted by Gasteiger charge is -2.17. The second-order valence-electron chi connectivity index (χ2n) is 5.51. The number of carbonyl (C=O) groups excluding carboxylic acids is 1. The molecule has 0 bridgehead atoms. The zero-order chi connectivity index (χ0) is 15.6. The smallest absolute Gasteiger partial charge is 0.319 e. The number of hydrogen-bond acceptors (Lipinski definition) is 3. The Morgan fingerprint density at radius 3 is 2.40 bits per heavy atom. The average Bonchev–Trinajstić information content (AvgIpc) is 2.29. The number of unbranched alkanes of at least 4 members (excludes halogenated alkanes) is 2. The third-order valence-corrected chi connectivity index (χ3v) is 4.10. The van der Waals surface area contributed by atoms with E-state index in [1.54, 1.807) is 11.8 Å². The van der Waals surface area contributed by atoms with Gasteiger partial charge in [0.2, 0.25) is 5.92 Å². The Morgan fingerprint density at radius 1 is 1.25 bits per heavy atom. The lowest BCUT2D eigenvalue weighted by atomic mass is 10.1. The molecule has 1 unspecified atom stereocenters. The van der Waals surface area contributed by atoms with Crippen LogP contribution >= 0.6 is 11.8 Å². The molecule has 0 radical (unpaired) electrons. The van der Waals surface area contributed by atoms with Crippen LogP contribution in [0.2, 0.25) is 0 Å². The summed E-state index contributed by atoms with van der Waals surface area (Å²) in [6, 6.07) is 0. The minimum absolute atomic E-state index is 0.0502. The first-order valence-electron chi connectivity index (χ1n) is 7.46. The Morgan fingerprint density at radius 2 is 1.90 bits per heavy atom. The number of halogens is 2. The molecule has 0 aliphatic carbocycles. The van der Waals surface area contributed by atoms with Crippen LogP contribution < -0.4 is 0 Å². The van der Waals surface area contributed by atoms with Gasteiger partial charge in [-0.05, 0) is 45.8 Å². The highest BCUT2D eigenvalue weighted by molar-refractivity contribution is 8.00. The second-order valence-corrected chi connectivity index (χ2v) is 6.83. The molecule has 0 aliphatic rings. The largest absolute Gasteiger partial charge is 0.462 e. The number of carbonyl (C=O) groups is 1. The van der Waals surface area contributed by atoms with Gasteiger partial charge < -0.3 is 4.74 Å². The first-order chi connectivity index (χ1) is 9.26. The van der Waals surface area contributed by atoms with E-state index in [9.17, 15) is 13.6 Å². The van der Waals surface area contributed by atoms with Gasteiger partial charge in [-0.2, -0.15) is 0 Å². The van der Waals surface area contributed by atoms with Gasteiger partial charge in [0, 0.05) is 6.42 Å². The van der Waals surface area contributed by atoms with Crippen LogP contribution in [0.3, 0.4) is 0 Å². The average molecular weight is 310 g/mol. The molecule has 0 saturated heterocycles. The fourth-order valence-corrected chi connectivity index (χ4v) is 3.03. The highest BCUT2D eigenvalue weighted by Crippen LogP contribution is 2.23. The molecule has 0 aromatic carbocycles. The fraction of sp³-hybridized carbons (Fsp3) is 0.933. The summed E-state index contributed by atoms with van der Waals surface area (Å²) in [7, 11) is 0. The lowest BCUT2D eigenvalue weighted by Crippen LogP contribution is -2.23. The van der Waals surface area contributed by atoms with Crippen molar-refractivity contribution in [1.82, 2.24) is 0 Å². The van der Waals surface area contributed by atoms with Gasteiger partial charge in [-0.3, -0.25) is 4.79 Å². The zero-order valence-electron chi connectivity index (χ0n) is 13.1. The molecule has 1 atom stereocenters. The highest BCUT2D eigenvalue weighted by Gasteiger charge is 2.21. The summed E-state index contributed by atoms with van der Waals surface area (Å²) < 4.78 is 30.5. The molecular weight excluding hydrogens is 282 g/mol. The van der Waals surface area contributed by atoms with Crippen LogP contribution in [0.5, 0.6) is 0 Å². The summed E-state index contributed by atoms with van der Waals surface area (Å²) >= 11 is 1.59. The van der Waals surface area contributed by atoms with Gasteiger partial charge >= 0.3 is 5.97 Å². The summed E-state index contributed by atoms with van der Waals surface area (Å²) in [5.41, 5.74) is 0. The van der Waals surface area contributed by atoms with E-state index in [1.165, 1.54) is 0 Å². The van der Waals surface area contributed by atoms with Gasteiger partial charge in [-0.15, -0.1) is 11.8 Å². The molecule has 0 N–H and O–H groups in total. The van der Waals surface area contributed by atoms with Crippen molar-refractivity contribution in [2.75, 3.05) is 5.75 Å². The van der Waals surface area contributed by atoms with E-state index < -0.39 is 5.92 Å². The highest BCUT2D eigenvalue weighted by atomic mass is 32.2. The summed E-state index contributed by atoms with van der Waals surface area (Å²) in [6.45, 7) is 6.69. The molecule has 0 amide bonds. The van der Waals surface area contributed by atoms with Crippen molar-refractivity contribution in [2.24, 2.45) is 0 Å². The van der Waals surface area contributed by atoms with E-state index in [0.29, 0.717) is 6.42 Å². The van der Waals surface area contributed by atoms with Crippen LogP contribution in [0.25, 0.3) is 0 Å². The molecule has 20 heavy (non-hydrogen) atoms. The van der Waals surface area contributed by atoms with E-state index >= 15 is 0 Å². The van der Waals surface area contributed by atoms with Crippen molar-refractivity contribution in [2.45, 2.75) is 83.5 Å². The molecule has 0 rings (SSSR count). The Labute approximate surface area is 126 Å². The second kappa shape index (κ2) is 10.4. The van der Waals surface area contributed by atoms with Crippen molar-refractivity contribution < 1.29 is 18.3 Å². The van der Waals surface area contributed by atoms with Crippen molar-refractivity contribution in [3.8, 4) is 0 Å². The summed E-state index contributed by atoms with van der Waals surface area (Å²) in [5, 5.41) is -0.116. The van der Waals surface area contributed by atoms with E-state index in [4.69, 9.17) is 4.74 Å². The van der Waals surface area contributed by atoms with Crippen LogP contribution in [0, 0.1) is 0 Å². The SMILES string of the molecule is CCCC(SCCCCCC(C)(F)F)C(=O)OC(C)C. The predicted octanol–water partition coefficient (Wildman–Crippen LogP) is 5.06. The van der Waals surface area contributed by atoms with Crippen molar-refractivity contribution in [3.63, 3.8) is 0 Å². The van der Waals surface area contributed by atoms with Crippen molar-refractivity contribution in [1.29, 1.82) is 0 Å².